The number of aromatic nitrogens is 4. The Morgan fingerprint density at radius 3 is 3.14 bits per heavy atom. The van der Waals surface area contributed by atoms with Crippen LogP contribution in [0.3, 0.4) is 0 Å². The molecule has 14 heavy (non-hydrogen) atoms. The molecule has 0 spiro atoms. The molecule has 6 heteroatoms. The molecule has 0 amide bonds. The van der Waals surface area contributed by atoms with Gasteiger partial charge >= 0.3 is 0 Å². The van der Waals surface area contributed by atoms with Crippen LogP contribution in [0.4, 0.5) is 0 Å². The fraction of sp³-hybridized carbons (Fsp3) is 0.125. The average molecular weight is 222 g/mol. The van der Waals surface area contributed by atoms with Crippen LogP contribution in [0.1, 0.15) is 0 Å². The van der Waals surface area contributed by atoms with Crippen LogP contribution >= 0.6 is 23.9 Å². The number of rotatable bonds is 0. The summed E-state index contributed by atoms with van der Waals surface area (Å²) in [5.41, 5.74) is 3.82. The van der Waals surface area contributed by atoms with Crippen molar-refractivity contribution in [2.75, 3.05) is 0 Å². The van der Waals surface area contributed by atoms with Gasteiger partial charge < -0.3 is 4.57 Å². The van der Waals surface area contributed by atoms with Gasteiger partial charge in [-0.2, -0.15) is 4.37 Å². The highest BCUT2D eigenvalue weighted by molar-refractivity contribution is 7.71. The maximum absolute atomic E-state index is 5.11. The highest BCUT2D eigenvalue weighted by Crippen LogP contribution is 2.22. The summed E-state index contributed by atoms with van der Waals surface area (Å²) in [4.78, 5) is 4.31. The summed E-state index contributed by atoms with van der Waals surface area (Å²) in [6, 6.07) is 4.00. The summed E-state index contributed by atoms with van der Waals surface area (Å²) in [6.07, 6.45) is 0. The van der Waals surface area contributed by atoms with Gasteiger partial charge in [0.1, 0.15) is 11.0 Å². The molecule has 0 atom stereocenters. The minimum Gasteiger partial charge on any atom is -0.318 e. The number of nitrogens with zero attached hydrogens (tertiary/aromatic N) is 3. The lowest BCUT2D eigenvalue weighted by Gasteiger charge is -1.92. The van der Waals surface area contributed by atoms with Crippen LogP contribution in [0.15, 0.2) is 12.1 Å². The summed E-state index contributed by atoms with van der Waals surface area (Å²) in [6.45, 7) is 0. The number of imidazole rings is 1. The fourth-order valence-corrected chi connectivity index (χ4v) is 2.29. The number of hydrogen-bond donors (Lipinski definition) is 1. The van der Waals surface area contributed by atoms with E-state index >= 15 is 0 Å². The Balaban J connectivity index is 2.70. The van der Waals surface area contributed by atoms with E-state index in [-0.39, 0.29) is 0 Å². The quantitative estimate of drug-likeness (QED) is 0.593. The van der Waals surface area contributed by atoms with E-state index in [9.17, 15) is 0 Å². The summed E-state index contributed by atoms with van der Waals surface area (Å²) in [5, 5.41) is 0. The third-order valence-corrected chi connectivity index (χ3v) is 3.23. The molecule has 3 rings (SSSR count). The van der Waals surface area contributed by atoms with Crippen molar-refractivity contribution in [3.63, 3.8) is 0 Å². The second-order valence-electron chi connectivity index (χ2n) is 3.07. The van der Waals surface area contributed by atoms with Crippen LogP contribution in [0, 0.1) is 4.77 Å². The first kappa shape index (κ1) is 8.07. The van der Waals surface area contributed by atoms with Crippen molar-refractivity contribution in [3.8, 4) is 0 Å². The lowest BCUT2D eigenvalue weighted by molar-refractivity contribution is 0.927. The van der Waals surface area contributed by atoms with Gasteiger partial charge in [-0.15, -0.1) is 0 Å². The number of aromatic amines is 1. The molecule has 4 nitrogen and oxygen atoms in total. The minimum absolute atomic E-state index is 0.598. The Morgan fingerprint density at radius 1 is 1.43 bits per heavy atom. The smallest absolute Gasteiger partial charge is 0.200 e. The average Bonchev–Trinajstić information content (AvgIpc) is 2.73. The Kier molecular flexibility index (Phi) is 1.51. The summed E-state index contributed by atoms with van der Waals surface area (Å²) in [7, 11) is 1.92. The van der Waals surface area contributed by atoms with E-state index in [1.54, 1.807) is 0 Å². The molecule has 0 saturated heterocycles. The van der Waals surface area contributed by atoms with Crippen molar-refractivity contribution in [3.05, 3.63) is 16.9 Å². The number of H-pyrrole nitrogens is 1. The Labute approximate surface area is 88.5 Å². The fourth-order valence-electron chi connectivity index (χ4n) is 1.52. The van der Waals surface area contributed by atoms with Crippen LogP contribution in [-0.4, -0.2) is 18.3 Å². The van der Waals surface area contributed by atoms with Gasteiger partial charge in [-0.05, 0) is 24.4 Å². The topological polar surface area (TPSA) is 46.5 Å². The van der Waals surface area contributed by atoms with Gasteiger partial charge in [0.25, 0.3) is 0 Å². The third kappa shape index (κ3) is 0.893. The van der Waals surface area contributed by atoms with Crippen molar-refractivity contribution in [1.82, 2.24) is 18.3 Å². The summed E-state index contributed by atoms with van der Waals surface area (Å²) in [5.74, 6) is 0. The lowest BCUT2D eigenvalue weighted by Crippen LogP contribution is -1.85. The molecule has 3 aromatic rings. The molecule has 2 heterocycles. The van der Waals surface area contributed by atoms with Gasteiger partial charge in [-0.3, -0.25) is 4.37 Å². The molecule has 1 aromatic carbocycles. The normalized spacial score (nSPS) is 11.5. The van der Waals surface area contributed by atoms with Crippen molar-refractivity contribution >= 4 is 46.0 Å². The van der Waals surface area contributed by atoms with Crippen LogP contribution in [0.2, 0.25) is 0 Å². The maximum atomic E-state index is 5.11. The molecule has 0 unspecified atom stereocenters. The number of nitrogens with one attached hydrogen (secondary N) is 1. The zero-order valence-corrected chi connectivity index (χ0v) is 8.95. The van der Waals surface area contributed by atoms with E-state index in [0.29, 0.717) is 4.77 Å². The molecule has 0 saturated carbocycles. The van der Waals surface area contributed by atoms with Gasteiger partial charge in [0, 0.05) is 18.8 Å². The van der Waals surface area contributed by atoms with Crippen molar-refractivity contribution in [2.45, 2.75) is 0 Å². The van der Waals surface area contributed by atoms with E-state index < -0.39 is 0 Å². The van der Waals surface area contributed by atoms with E-state index in [2.05, 4.69) is 13.7 Å². The van der Waals surface area contributed by atoms with Crippen molar-refractivity contribution in [1.29, 1.82) is 0 Å². The van der Waals surface area contributed by atoms with E-state index in [4.69, 9.17) is 12.2 Å². The Hall–Kier alpha value is -1.27. The molecule has 1 N–H and O–H groups in total. The van der Waals surface area contributed by atoms with Gasteiger partial charge in [0.05, 0.1) is 11.0 Å². The molecule has 0 aliphatic carbocycles. The lowest BCUT2D eigenvalue weighted by atomic mass is 10.2. The highest BCUT2D eigenvalue weighted by atomic mass is 32.1. The van der Waals surface area contributed by atoms with Gasteiger partial charge in [0.15, 0.2) is 4.77 Å². The largest absolute Gasteiger partial charge is 0.318 e. The number of benzene rings is 1. The predicted octanol–water partition coefficient (Wildman–Crippen LogP) is 2.24. The van der Waals surface area contributed by atoms with E-state index in [0.717, 1.165) is 22.1 Å². The van der Waals surface area contributed by atoms with Gasteiger partial charge in [0.2, 0.25) is 0 Å². The SMILES string of the molecule is Cn1c(=S)nc2c3ns[nH]c3ccc21. The second kappa shape index (κ2) is 2.61. The molecular weight excluding hydrogens is 216 g/mol. The van der Waals surface area contributed by atoms with Crippen LogP contribution in [-0.2, 0) is 7.05 Å². The monoisotopic (exact) mass is 222 g/mol. The van der Waals surface area contributed by atoms with Crippen LogP contribution in [0.25, 0.3) is 22.1 Å². The molecule has 0 aliphatic rings. The molecule has 0 aliphatic heterocycles. The minimum atomic E-state index is 0.598. The molecule has 0 radical (unpaired) electrons. The molecular formula is C8H6N4S2. The third-order valence-electron chi connectivity index (χ3n) is 2.28. The second-order valence-corrected chi connectivity index (χ2v) is 4.00. The maximum Gasteiger partial charge on any atom is 0.200 e. The first-order chi connectivity index (χ1) is 6.77. The van der Waals surface area contributed by atoms with Crippen molar-refractivity contribution < 1.29 is 0 Å². The number of aryl methyl sites for hydroxylation is 1. The van der Waals surface area contributed by atoms with Crippen LogP contribution < -0.4 is 0 Å². The summed E-state index contributed by atoms with van der Waals surface area (Å²) >= 11 is 6.43. The Bertz CT molecular complexity index is 675. The zero-order chi connectivity index (χ0) is 9.71. The standard InChI is InChI=1S/C8H6N4S2/c1-12-5-3-2-4-6(11-14-10-4)7(5)9-8(12)13/h2-3,10H,1H3. The van der Waals surface area contributed by atoms with Gasteiger partial charge in [-0.1, -0.05) is 0 Å². The zero-order valence-electron chi connectivity index (χ0n) is 7.31. The van der Waals surface area contributed by atoms with Gasteiger partial charge in [-0.25, -0.2) is 4.98 Å². The molecule has 0 bridgehead atoms. The summed E-state index contributed by atoms with van der Waals surface area (Å²) < 4.78 is 9.84. The molecule has 70 valence electrons. The Morgan fingerprint density at radius 2 is 2.29 bits per heavy atom. The van der Waals surface area contributed by atoms with E-state index in [1.165, 1.54) is 11.7 Å². The number of hydrogen-bond acceptors (Lipinski definition) is 4. The first-order valence-corrected chi connectivity index (χ1v) is 5.25. The molecule has 2 aromatic heterocycles. The first-order valence-electron chi connectivity index (χ1n) is 4.07. The molecule has 0 fully saturated rings. The predicted molar refractivity (Wildman–Crippen MR) is 59.1 cm³/mol. The highest BCUT2D eigenvalue weighted by Gasteiger charge is 2.08. The number of fused-ring (bicyclic) bond motifs is 3. The van der Waals surface area contributed by atoms with Crippen molar-refractivity contribution in [2.24, 2.45) is 7.05 Å². The van der Waals surface area contributed by atoms with Crippen LogP contribution in [0.5, 0.6) is 0 Å². The van der Waals surface area contributed by atoms with E-state index in [1.807, 2.05) is 23.7 Å².